The van der Waals surface area contributed by atoms with Crippen molar-refractivity contribution >= 4 is 28.7 Å². The van der Waals surface area contributed by atoms with Gasteiger partial charge in [-0.15, -0.1) is 5.10 Å². The molecule has 8 nitrogen and oxygen atoms in total. The van der Waals surface area contributed by atoms with Gasteiger partial charge in [0.1, 0.15) is 0 Å². The largest absolute Gasteiger partial charge is 0.355 e. The van der Waals surface area contributed by atoms with Gasteiger partial charge in [0.25, 0.3) is 0 Å². The molecule has 1 aliphatic heterocycles. The van der Waals surface area contributed by atoms with Crippen molar-refractivity contribution in [2.75, 3.05) is 11.9 Å². The molecular weight excluding hydrogens is 284 g/mol. The van der Waals surface area contributed by atoms with Crippen LogP contribution in [-0.4, -0.2) is 38.8 Å². The molecular formula is C14H18N6O2. The van der Waals surface area contributed by atoms with Gasteiger partial charge in [0.05, 0.1) is 17.0 Å². The maximum absolute atomic E-state index is 12.5. The van der Waals surface area contributed by atoms with Crippen molar-refractivity contribution in [2.24, 2.45) is 11.8 Å². The van der Waals surface area contributed by atoms with Crippen LogP contribution < -0.4 is 10.6 Å². The van der Waals surface area contributed by atoms with E-state index in [1.165, 1.54) is 0 Å². The van der Waals surface area contributed by atoms with Crippen molar-refractivity contribution in [3.8, 4) is 0 Å². The normalized spacial score (nSPS) is 21.7. The topological polar surface area (TPSA) is 113 Å². The van der Waals surface area contributed by atoms with Gasteiger partial charge in [-0.3, -0.25) is 14.7 Å². The highest BCUT2D eigenvalue weighted by Gasteiger charge is 2.31. The highest BCUT2D eigenvalue weighted by molar-refractivity contribution is 6.01. The Morgan fingerprint density at radius 3 is 2.82 bits per heavy atom. The van der Waals surface area contributed by atoms with Crippen LogP contribution in [0.2, 0.25) is 0 Å². The van der Waals surface area contributed by atoms with E-state index in [4.69, 9.17) is 0 Å². The molecule has 2 aromatic rings. The predicted molar refractivity (Wildman–Crippen MR) is 80.1 cm³/mol. The molecule has 2 unspecified atom stereocenters. The molecule has 8 heteroatoms. The molecule has 0 radical (unpaired) electrons. The summed E-state index contributed by atoms with van der Waals surface area (Å²) >= 11 is 0. The van der Waals surface area contributed by atoms with Crippen LogP contribution in [0.25, 0.3) is 11.0 Å². The number of fused-ring (bicyclic) bond motifs is 1. The number of anilines is 1. The first-order valence-corrected chi connectivity index (χ1v) is 7.23. The molecule has 1 saturated heterocycles. The van der Waals surface area contributed by atoms with Gasteiger partial charge in [-0.1, -0.05) is 6.92 Å². The van der Waals surface area contributed by atoms with Crippen LogP contribution >= 0.6 is 0 Å². The van der Waals surface area contributed by atoms with Crippen LogP contribution in [0.15, 0.2) is 0 Å². The first-order valence-electron chi connectivity index (χ1n) is 7.23. The third-order valence-electron chi connectivity index (χ3n) is 4.26. The van der Waals surface area contributed by atoms with Gasteiger partial charge in [-0.25, -0.2) is 0 Å². The summed E-state index contributed by atoms with van der Waals surface area (Å²) < 4.78 is 0. The molecule has 116 valence electrons. The van der Waals surface area contributed by atoms with Crippen molar-refractivity contribution in [3.63, 3.8) is 0 Å². The van der Waals surface area contributed by atoms with E-state index in [0.29, 0.717) is 24.4 Å². The van der Waals surface area contributed by atoms with Gasteiger partial charge < -0.3 is 10.6 Å². The van der Waals surface area contributed by atoms with Crippen molar-refractivity contribution in [3.05, 3.63) is 11.3 Å². The number of amides is 2. The summed E-state index contributed by atoms with van der Waals surface area (Å²) in [5, 5.41) is 21.3. The van der Waals surface area contributed by atoms with Crippen LogP contribution in [0, 0.1) is 25.7 Å². The number of hydrogen-bond donors (Lipinski definition) is 3. The molecule has 22 heavy (non-hydrogen) atoms. The average Bonchev–Trinajstić information content (AvgIpc) is 2.86. The second-order valence-electron chi connectivity index (χ2n) is 5.79. The molecule has 0 spiro atoms. The molecule has 0 aromatic carbocycles. The summed E-state index contributed by atoms with van der Waals surface area (Å²) in [5.74, 6) is 0.0418. The Bertz CT molecular complexity index is 753. The Balaban J connectivity index is 1.86. The van der Waals surface area contributed by atoms with E-state index >= 15 is 0 Å². The molecule has 3 rings (SSSR count). The predicted octanol–water partition coefficient (Wildman–Crippen LogP) is 0.680. The Kier molecular flexibility index (Phi) is 3.51. The number of rotatable bonds is 2. The van der Waals surface area contributed by atoms with Gasteiger partial charge in [-0.05, 0) is 25.3 Å². The number of piperidine rings is 1. The standard InChI is InChI=1S/C14H18N6O2/c1-6-4-10(21)15-5-9(6)14(22)16-12-11-7(2)8(3)17-19-13(11)20-18-12/h6,9H,4-5H2,1-3H3,(H,15,21)(H2,16,18,19,20,22). The zero-order valence-electron chi connectivity index (χ0n) is 12.7. The number of H-pyrrole nitrogens is 1. The van der Waals surface area contributed by atoms with E-state index in [-0.39, 0.29) is 23.7 Å². The van der Waals surface area contributed by atoms with Gasteiger partial charge in [0, 0.05) is 13.0 Å². The third-order valence-corrected chi connectivity index (χ3v) is 4.26. The number of aromatic amines is 1. The zero-order chi connectivity index (χ0) is 15.9. The van der Waals surface area contributed by atoms with Crippen molar-refractivity contribution in [1.29, 1.82) is 0 Å². The number of nitrogens with zero attached hydrogens (tertiary/aromatic N) is 3. The fourth-order valence-electron chi connectivity index (χ4n) is 2.72. The van der Waals surface area contributed by atoms with E-state index in [2.05, 4.69) is 31.0 Å². The molecule has 2 amide bonds. The number of nitrogens with one attached hydrogen (secondary N) is 3. The minimum absolute atomic E-state index is 0.00146. The minimum atomic E-state index is -0.263. The summed E-state index contributed by atoms with van der Waals surface area (Å²) in [5.41, 5.74) is 2.27. The van der Waals surface area contributed by atoms with Crippen molar-refractivity contribution < 1.29 is 9.59 Å². The fourth-order valence-corrected chi connectivity index (χ4v) is 2.72. The average molecular weight is 302 g/mol. The molecule has 3 heterocycles. The lowest BCUT2D eigenvalue weighted by Crippen LogP contribution is -2.45. The number of carbonyl (C=O) groups is 2. The summed E-state index contributed by atoms with van der Waals surface area (Å²) in [7, 11) is 0. The highest BCUT2D eigenvalue weighted by Crippen LogP contribution is 2.26. The number of hydrogen-bond acceptors (Lipinski definition) is 5. The van der Waals surface area contributed by atoms with E-state index in [0.717, 1.165) is 16.6 Å². The zero-order valence-corrected chi connectivity index (χ0v) is 12.7. The Labute approximate surface area is 127 Å². The second-order valence-corrected chi connectivity index (χ2v) is 5.79. The highest BCUT2D eigenvalue weighted by atomic mass is 16.2. The lowest BCUT2D eigenvalue weighted by Gasteiger charge is -2.27. The van der Waals surface area contributed by atoms with Crippen LogP contribution in [0.5, 0.6) is 0 Å². The van der Waals surface area contributed by atoms with E-state index in [1.807, 2.05) is 20.8 Å². The second kappa shape index (κ2) is 5.36. The lowest BCUT2D eigenvalue weighted by atomic mass is 9.87. The van der Waals surface area contributed by atoms with Gasteiger partial charge >= 0.3 is 0 Å². The minimum Gasteiger partial charge on any atom is -0.355 e. The first-order chi connectivity index (χ1) is 10.5. The Morgan fingerprint density at radius 1 is 1.32 bits per heavy atom. The van der Waals surface area contributed by atoms with Crippen LogP contribution in [-0.2, 0) is 9.59 Å². The SMILES string of the molecule is Cc1nnc2[nH]nc(NC(=O)C3CNC(=O)CC3C)c2c1C. The quantitative estimate of drug-likeness (QED) is 0.755. The van der Waals surface area contributed by atoms with Crippen LogP contribution in [0.4, 0.5) is 5.82 Å². The first kappa shape index (κ1) is 14.4. The maximum atomic E-state index is 12.5. The Morgan fingerprint density at radius 2 is 2.09 bits per heavy atom. The van der Waals surface area contributed by atoms with E-state index in [1.54, 1.807) is 0 Å². The summed E-state index contributed by atoms with van der Waals surface area (Å²) in [4.78, 5) is 23.8. The molecule has 0 bridgehead atoms. The fraction of sp³-hybridized carbons (Fsp3) is 0.500. The molecule has 0 aliphatic carbocycles. The molecule has 1 aliphatic rings. The molecule has 2 aromatic heterocycles. The smallest absolute Gasteiger partial charge is 0.230 e. The maximum Gasteiger partial charge on any atom is 0.230 e. The van der Waals surface area contributed by atoms with Gasteiger partial charge in [-0.2, -0.15) is 10.2 Å². The Hall–Kier alpha value is -2.51. The summed E-state index contributed by atoms with van der Waals surface area (Å²) in [6.07, 6.45) is 0.364. The lowest BCUT2D eigenvalue weighted by molar-refractivity contribution is -0.128. The monoisotopic (exact) mass is 302 g/mol. The number of aryl methyl sites for hydroxylation is 2. The van der Waals surface area contributed by atoms with Crippen molar-refractivity contribution in [1.82, 2.24) is 25.7 Å². The number of aromatic nitrogens is 4. The van der Waals surface area contributed by atoms with Crippen LogP contribution in [0.1, 0.15) is 24.6 Å². The van der Waals surface area contributed by atoms with E-state index < -0.39 is 0 Å². The molecule has 1 fully saturated rings. The summed E-state index contributed by atoms with van der Waals surface area (Å²) in [6.45, 7) is 6.04. The molecule has 2 atom stereocenters. The van der Waals surface area contributed by atoms with Crippen LogP contribution in [0.3, 0.4) is 0 Å². The third kappa shape index (κ3) is 2.40. The summed E-state index contributed by atoms with van der Waals surface area (Å²) in [6, 6.07) is 0. The van der Waals surface area contributed by atoms with E-state index in [9.17, 15) is 9.59 Å². The molecule has 0 saturated carbocycles. The van der Waals surface area contributed by atoms with Gasteiger partial charge in [0.2, 0.25) is 11.8 Å². The number of carbonyl (C=O) groups excluding carboxylic acids is 2. The van der Waals surface area contributed by atoms with Gasteiger partial charge in [0.15, 0.2) is 11.5 Å². The molecule has 3 N–H and O–H groups in total. The van der Waals surface area contributed by atoms with Crippen molar-refractivity contribution in [2.45, 2.75) is 27.2 Å².